The summed E-state index contributed by atoms with van der Waals surface area (Å²) in [6.45, 7) is 4.58. The van der Waals surface area contributed by atoms with Crippen LogP contribution in [0.15, 0.2) is 0 Å². The van der Waals surface area contributed by atoms with E-state index in [9.17, 15) is 0 Å². The van der Waals surface area contributed by atoms with Crippen molar-refractivity contribution in [3.63, 3.8) is 0 Å². The Morgan fingerprint density at radius 3 is 2.07 bits per heavy atom. The first-order chi connectivity index (χ1) is 7.24. The number of likely N-dealkylation sites (N-methyl/N-ethyl adjacent to an activating group) is 1. The van der Waals surface area contributed by atoms with Crippen LogP contribution in [-0.4, -0.2) is 25.8 Å². The quantitative estimate of drug-likeness (QED) is 0.732. The maximum Gasteiger partial charge on any atom is 0.0833 e. The first kappa shape index (κ1) is 13.0. The number of rotatable bonds is 6. The molecule has 1 rings (SSSR count). The molecule has 0 spiro atoms. The molecule has 1 aliphatic rings. The Morgan fingerprint density at radius 1 is 1.20 bits per heavy atom. The first-order valence-corrected chi connectivity index (χ1v) is 6.46. The smallest absolute Gasteiger partial charge is 0.0833 e. The Morgan fingerprint density at radius 2 is 1.73 bits per heavy atom. The monoisotopic (exact) mass is 213 g/mol. The molecule has 1 fully saturated rings. The Labute approximate surface area is 94.8 Å². The Bertz CT molecular complexity index is 171. The van der Waals surface area contributed by atoms with E-state index < -0.39 is 0 Å². The van der Waals surface area contributed by atoms with Gasteiger partial charge >= 0.3 is 0 Å². The van der Waals surface area contributed by atoms with Crippen molar-refractivity contribution in [2.45, 2.75) is 64.0 Å². The fourth-order valence-electron chi connectivity index (χ4n) is 3.30. The Balaban J connectivity index is 2.77. The molecule has 0 aliphatic heterocycles. The number of ether oxygens (including phenoxy) is 1. The standard InChI is InChI=1S/C13H27NO/c1-5-11(6-2)12(14-3)13(15-4)9-7-8-10-13/h11-12,14H,5-10H2,1-4H3. The highest BCUT2D eigenvalue weighted by Crippen LogP contribution is 2.39. The minimum atomic E-state index is 0.117. The molecule has 0 amide bonds. The molecule has 0 aromatic heterocycles. The van der Waals surface area contributed by atoms with Crippen molar-refractivity contribution in [3.8, 4) is 0 Å². The average Bonchev–Trinajstić information content (AvgIpc) is 2.75. The zero-order valence-corrected chi connectivity index (χ0v) is 10.8. The lowest BCUT2D eigenvalue weighted by Crippen LogP contribution is -2.53. The van der Waals surface area contributed by atoms with Crippen molar-refractivity contribution in [3.05, 3.63) is 0 Å². The Kier molecular flexibility index (Phi) is 5.07. The van der Waals surface area contributed by atoms with Crippen molar-refractivity contribution < 1.29 is 4.74 Å². The lowest BCUT2D eigenvalue weighted by atomic mass is 9.80. The molecule has 0 bridgehead atoms. The van der Waals surface area contributed by atoms with Gasteiger partial charge in [0.25, 0.3) is 0 Å². The highest BCUT2D eigenvalue weighted by atomic mass is 16.5. The highest BCUT2D eigenvalue weighted by Gasteiger charge is 2.43. The van der Waals surface area contributed by atoms with Gasteiger partial charge in [0.05, 0.1) is 5.60 Å². The van der Waals surface area contributed by atoms with Crippen LogP contribution in [0, 0.1) is 5.92 Å². The second kappa shape index (κ2) is 5.86. The van der Waals surface area contributed by atoms with Crippen molar-refractivity contribution in [1.29, 1.82) is 0 Å². The van der Waals surface area contributed by atoms with Crippen LogP contribution in [0.5, 0.6) is 0 Å². The molecule has 0 heterocycles. The molecule has 1 atom stereocenters. The van der Waals surface area contributed by atoms with E-state index in [0.29, 0.717) is 6.04 Å². The van der Waals surface area contributed by atoms with Gasteiger partial charge in [-0.1, -0.05) is 39.5 Å². The molecule has 0 saturated heterocycles. The van der Waals surface area contributed by atoms with Gasteiger partial charge in [-0.15, -0.1) is 0 Å². The van der Waals surface area contributed by atoms with Crippen molar-refractivity contribution in [1.82, 2.24) is 5.32 Å². The summed E-state index contributed by atoms with van der Waals surface area (Å²) in [6.07, 6.45) is 7.59. The maximum atomic E-state index is 5.87. The molecule has 0 radical (unpaired) electrons. The number of hydrogen-bond donors (Lipinski definition) is 1. The van der Waals surface area contributed by atoms with Crippen LogP contribution in [0.1, 0.15) is 52.4 Å². The van der Waals surface area contributed by atoms with Gasteiger partial charge < -0.3 is 10.1 Å². The second-order valence-corrected chi connectivity index (χ2v) is 4.82. The van der Waals surface area contributed by atoms with Gasteiger partial charge in [-0.2, -0.15) is 0 Å². The van der Waals surface area contributed by atoms with Gasteiger partial charge in [0.15, 0.2) is 0 Å². The molecule has 2 heteroatoms. The summed E-state index contributed by atoms with van der Waals surface area (Å²) in [4.78, 5) is 0. The fraction of sp³-hybridized carbons (Fsp3) is 1.00. The van der Waals surface area contributed by atoms with Crippen LogP contribution in [0.3, 0.4) is 0 Å². The van der Waals surface area contributed by atoms with Crippen LogP contribution >= 0.6 is 0 Å². The summed E-state index contributed by atoms with van der Waals surface area (Å²) in [5.74, 6) is 0.744. The van der Waals surface area contributed by atoms with E-state index in [0.717, 1.165) is 5.92 Å². The average molecular weight is 213 g/mol. The van der Waals surface area contributed by atoms with E-state index in [4.69, 9.17) is 4.74 Å². The van der Waals surface area contributed by atoms with Gasteiger partial charge in [-0.3, -0.25) is 0 Å². The van der Waals surface area contributed by atoms with E-state index in [-0.39, 0.29) is 5.60 Å². The SMILES string of the molecule is CCC(CC)C(NC)C1(OC)CCCC1. The lowest BCUT2D eigenvalue weighted by Gasteiger charge is -2.40. The normalized spacial score (nSPS) is 22.2. The van der Waals surface area contributed by atoms with E-state index in [2.05, 4.69) is 26.2 Å². The van der Waals surface area contributed by atoms with Crippen LogP contribution in [0.25, 0.3) is 0 Å². The molecule has 1 unspecified atom stereocenters. The van der Waals surface area contributed by atoms with E-state index in [1.807, 2.05) is 7.11 Å². The van der Waals surface area contributed by atoms with Gasteiger partial charge in [0.2, 0.25) is 0 Å². The number of nitrogens with one attached hydrogen (secondary N) is 1. The van der Waals surface area contributed by atoms with Gasteiger partial charge in [0, 0.05) is 13.2 Å². The third-order valence-electron chi connectivity index (χ3n) is 4.25. The largest absolute Gasteiger partial charge is 0.377 e. The number of hydrogen-bond acceptors (Lipinski definition) is 2. The summed E-state index contributed by atoms with van der Waals surface area (Å²) in [6, 6.07) is 0.528. The molecule has 0 aromatic rings. The second-order valence-electron chi connectivity index (χ2n) is 4.82. The van der Waals surface area contributed by atoms with Crippen LogP contribution in [-0.2, 0) is 4.74 Å². The minimum absolute atomic E-state index is 0.117. The van der Waals surface area contributed by atoms with E-state index in [1.165, 1.54) is 38.5 Å². The molecular weight excluding hydrogens is 186 g/mol. The molecule has 1 N–H and O–H groups in total. The molecule has 1 aliphatic carbocycles. The van der Waals surface area contributed by atoms with Gasteiger partial charge in [-0.25, -0.2) is 0 Å². The summed E-state index contributed by atoms with van der Waals surface area (Å²) >= 11 is 0. The van der Waals surface area contributed by atoms with Gasteiger partial charge in [-0.05, 0) is 25.8 Å². The van der Waals surface area contributed by atoms with Crippen LogP contribution in [0.2, 0.25) is 0 Å². The summed E-state index contributed by atoms with van der Waals surface area (Å²) < 4.78 is 5.87. The molecule has 0 aromatic carbocycles. The molecule has 1 saturated carbocycles. The maximum absolute atomic E-state index is 5.87. The predicted octanol–water partition coefficient (Wildman–Crippen LogP) is 2.97. The summed E-state index contributed by atoms with van der Waals surface area (Å²) in [7, 11) is 3.97. The zero-order valence-electron chi connectivity index (χ0n) is 10.8. The number of methoxy groups -OCH3 is 1. The van der Waals surface area contributed by atoms with E-state index in [1.54, 1.807) is 0 Å². The molecule has 15 heavy (non-hydrogen) atoms. The first-order valence-electron chi connectivity index (χ1n) is 6.46. The Hall–Kier alpha value is -0.0800. The lowest BCUT2D eigenvalue weighted by molar-refractivity contribution is -0.0509. The molecule has 2 nitrogen and oxygen atoms in total. The van der Waals surface area contributed by atoms with Crippen LogP contribution < -0.4 is 5.32 Å². The molecular formula is C13H27NO. The third-order valence-corrected chi connectivity index (χ3v) is 4.25. The van der Waals surface area contributed by atoms with Crippen molar-refractivity contribution >= 4 is 0 Å². The fourth-order valence-corrected chi connectivity index (χ4v) is 3.30. The summed E-state index contributed by atoms with van der Waals surface area (Å²) in [5.41, 5.74) is 0.117. The zero-order chi connectivity index (χ0) is 11.3. The van der Waals surface area contributed by atoms with Crippen LogP contribution in [0.4, 0.5) is 0 Å². The van der Waals surface area contributed by atoms with Crippen molar-refractivity contribution in [2.75, 3.05) is 14.2 Å². The predicted molar refractivity (Wildman–Crippen MR) is 65.1 cm³/mol. The topological polar surface area (TPSA) is 21.3 Å². The third kappa shape index (κ3) is 2.54. The van der Waals surface area contributed by atoms with E-state index >= 15 is 0 Å². The minimum Gasteiger partial charge on any atom is -0.377 e. The molecule has 90 valence electrons. The van der Waals surface area contributed by atoms with Crippen molar-refractivity contribution in [2.24, 2.45) is 5.92 Å². The van der Waals surface area contributed by atoms with Gasteiger partial charge in [0.1, 0.15) is 0 Å². The highest BCUT2D eigenvalue weighted by molar-refractivity contribution is 4.98. The summed E-state index contributed by atoms with van der Waals surface area (Å²) in [5, 5.41) is 3.51.